The molecule has 0 saturated carbocycles. The number of benzene rings is 1. The van der Waals surface area contributed by atoms with Crippen LogP contribution in [0.5, 0.6) is 0 Å². The SMILES string of the molecule is O=C1C[C@@H]2Sc3ccccc3N=C2N1. The van der Waals surface area contributed by atoms with Gasteiger partial charge in [0.2, 0.25) is 5.91 Å². The molecule has 14 heavy (non-hydrogen) atoms. The van der Waals surface area contributed by atoms with Gasteiger partial charge >= 0.3 is 0 Å². The van der Waals surface area contributed by atoms with Crippen molar-refractivity contribution in [3.05, 3.63) is 24.3 Å². The van der Waals surface area contributed by atoms with Crippen molar-refractivity contribution in [1.82, 2.24) is 5.32 Å². The summed E-state index contributed by atoms with van der Waals surface area (Å²) in [7, 11) is 0. The molecule has 1 aromatic rings. The summed E-state index contributed by atoms with van der Waals surface area (Å²) >= 11 is 1.72. The number of amidine groups is 1. The summed E-state index contributed by atoms with van der Waals surface area (Å²) in [4.78, 5) is 16.7. The Morgan fingerprint density at radius 1 is 1.43 bits per heavy atom. The highest BCUT2D eigenvalue weighted by molar-refractivity contribution is 8.01. The van der Waals surface area contributed by atoms with Gasteiger partial charge in [0.15, 0.2) is 0 Å². The van der Waals surface area contributed by atoms with E-state index in [-0.39, 0.29) is 11.2 Å². The highest BCUT2D eigenvalue weighted by atomic mass is 32.2. The average molecular weight is 204 g/mol. The van der Waals surface area contributed by atoms with E-state index in [0.717, 1.165) is 16.4 Å². The number of nitrogens with one attached hydrogen (secondary N) is 1. The van der Waals surface area contributed by atoms with Gasteiger partial charge in [-0.1, -0.05) is 12.1 Å². The molecule has 3 nitrogen and oxygen atoms in total. The van der Waals surface area contributed by atoms with Crippen molar-refractivity contribution in [2.24, 2.45) is 4.99 Å². The Kier molecular flexibility index (Phi) is 1.64. The van der Waals surface area contributed by atoms with E-state index < -0.39 is 0 Å². The molecule has 0 aliphatic carbocycles. The van der Waals surface area contributed by atoms with E-state index in [1.54, 1.807) is 11.8 Å². The fraction of sp³-hybridized carbons (Fsp3) is 0.200. The predicted molar refractivity (Wildman–Crippen MR) is 55.9 cm³/mol. The van der Waals surface area contributed by atoms with Crippen LogP contribution in [0.3, 0.4) is 0 Å². The minimum Gasteiger partial charge on any atom is -0.313 e. The van der Waals surface area contributed by atoms with Crippen LogP contribution in [0, 0.1) is 0 Å². The van der Waals surface area contributed by atoms with Gasteiger partial charge in [0.1, 0.15) is 5.84 Å². The molecule has 0 unspecified atom stereocenters. The molecule has 1 atom stereocenters. The summed E-state index contributed by atoms with van der Waals surface area (Å²) < 4.78 is 0. The van der Waals surface area contributed by atoms with Crippen LogP contribution in [0.4, 0.5) is 5.69 Å². The van der Waals surface area contributed by atoms with Crippen molar-refractivity contribution in [2.45, 2.75) is 16.6 Å². The van der Waals surface area contributed by atoms with Gasteiger partial charge in [-0.2, -0.15) is 0 Å². The lowest BCUT2D eigenvalue weighted by Gasteiger charge is -2.16. The average Bonchev–Trinajstić information content (AvgIpc) is 2.53. The van der Waals surface area contributed by atoms with Gasteiger partial charge < -0.3 is 5.32 Å². The summed E-state index contributed by atoms with van der Waals surface area (Å²) in [5, 5.41) is 2.99. The summed E-state index contributed by atoms with van der Waals surface area (Å²) in [5.74, 6) is 0.896. The van der Waals surface area contributed by atoms with Gasteiger partial charge in [0.05, 0.1) is 10.9 Å². The second kappa shape index (κ2) is 2.85. The van der Waals surface area contributed by atoms with Crippen LogP contribution in [-0.2, 0) is 4.79 Å². The predicted octanol–water partition coefficient (Wildman–Crippen LogP) is 1.71. The fourth-order valence-electron chi connectivity index (χ4n) is 1.67. The quantitative estimate of drug-likeness (QED) is 0.699. The lowest BCUT2D eigenvalue weighted by Crippen LogP contribution is -2.24. The second-order valence-corrected chi connectivity index (χ2v) is 4.57. The Morgan fingerprint density at radius 3 is 3.21 bits per heavy atom. The van der Waals surface area contributed by atoms with Crippen LogP contribution >= 0.6 is 11.8 Å². The number of carbonyl (C=O) groups is 1. The number of rotatable bonds is 0. The molecule has 1 N–H and O–H groups in total. The zero-order valence-corrected chi connectivity index (χ0v) is 8.17. The molecule has 1 saturated heterocycles. The fourth-order valence-corrected chi connectivity index (χ4v) is 2.83. The molecule has 1 amide bonds. The number of hydrogen-bond donors (Lipinski definition) is 1. The van der Waals surface area contributed by atoms with Gasteiger partial charge in [-0.05, 0) is 12.1 Å². The highest BCUT2D eigenvalue weighted by Gasteiger charge is 2.32. The third-order valence-electron chi connectivity index (χ3n) is 2.32. The molecule has 0 spiro atoms. The molecule has 0 bridgehead atoms. The maximum absolute atomic E-state index is 11.2. The molecular weight excluding hydrogens is 196 g/mol. The summed E-state index contributed by atoms with van der Waals surface area (Å²) in [5.41, 5.74) is 0.964. The first-order valence-electron chi connectivity index (χ1n) is 4.47. The monoisotopic (exact) mass is 204 g/mol. The van der Waals surface area contributed by atoms with Crippen LogP contribution in [-0.4, -0.2) is 17.0 Å². The van der Waals surface area contributed by atoms with Gasteiger partial charge in [-0.25, -0.2) is 4.99 Å². The summed E-state index contributed by atoms with van der Waals surface area (Å²) in [6, 6.07) is 7.97. The summed E-state index contributed by atoms with van der Waals surface area (Å²) in [6.07, 6.45) is 0.553. The Morgan fingerprint density at radius 2 is 2.29 bits per heavy atom. The van der Waals surface area contributed by atoms with Gasteiger partial charge in [0, 0.05) is 11.3 Å². The first-order chi connectivity index (χ1) is 6.83. The molecular formula is C10H8N2OS. The molecule has 2 aliphatic rings. The normalized spacial score (nSPS) is 23.6. The lowest BCUT2D eigenvalue weighted by atomic mass is 10.3. The Hall–Kier alpha value is -1.29. The number of aliphatic imine (C=N–C) groups is 1. The van der Waals surface area contributed by atoms with Crippen LogP contribution < -0.4 is 5.32 Å². The van der Waals surface area contributed by atoms with Crippen molar-refractivity contribution in [2.75, 3.05) is 0 Å². The van der Waals surface area contributed by atoms with Gasteiger partial charge in [0.25, 0.3) is 0 Å². The Bertz CT molecular complexity index is 442. The largest absolute Gasteiger partial charge is 0.313 e. The van der Waals surface area contributed by atoms with E-state index in [9.17, 15) is 4.79 Å². The lowest BCUT2D eigenvalue weighted by molar-refractivity contribution is -0.118. The zero-order chi connectivity index (χ0) is 9.54. The number of amides is 1. The molecule has 4 heteroatoms. The number of nitrogens with zero attached hydrogens (tertiary/aromatic N) is 1. The van der Waals surface area contributed by atoms with Crippen LogP contribution in [0.25, 0.3) is 0 Å². The number of carbonyl (C=O) groups excluding carboxylic acids is 1. The molecule has 2 aliphatic heterocycles. The first-order valence-corrected chi connectivity index (χ1v) is 5.35. The molecule has 1 aromatic carbocycles. The standard InChI is InChI=1S/C10H8N2OS/c13-9-5-8-10(12-9)11-6-3-1-2-4-7(6)14-8/h1-4,8H,5H2,(H,11,12,13)/t8-/m0/s1. The smallest absolute Gasteiger partial charge is 0.226 e. The Balaban J connectivity index is 2.07. The third kappa shape index (κ3) is 1.14. The van der Waals surface area contributed by atoms with Crippen LogP contribution in [0.15, 0.2) is 34.2 Å². The van der Waals surface area contributed by atoms with E-state index in [1.165, 1.54) is 0 Å². The van der Waals surface area contributed by atoms with E-state index in [1.807, 2.05) is 24.3 Å². The molecule has 3 rings (SSSR count). The van der Waals surface area contributed by atoms with Crippen molar-refractivity contribution < 1.29 is 4.79 Å². The minimum absolute atomic E-state index is 0.0778. The molecule has 1 fully saturated rings. The number of thioether (sulfide) groups is 1. The number of hydrogen-bond acceptors (Lipinski definition) is 3. The van der Waals surface area contributed by atoms with Crippen molar-refractivity contribution in [3.63, 3.8) is 0 Å². The van der Waals surface area contributed by atoms with Crippen molar-refractivity contribution >= 4 is 29.2 Å². The van der Waals surface area contributed by atoms with Crippen LogP contribution in [0.1, 0.15) is 6.42 Å². The van der Waals surface area contributed by atoms with E-state index in [2.05, 4.69) is 10.3 Å². The first kappa shape index (κ1) is 8.05. The van der Waals surface area contributed by atoms with E-state index in [0.29, 0.717) is 6.42 Å². The third-order valence-corrected chi connectivity index (χ3v) is 3.59. The molecule has 70 valence electrons. The topological polar surface area (TPSA) is 41.5 Å². The second-order valence-electron chi connectivity index (χ2n) is 3.32. The molecule has 0 aromatic heterocycles. The van der Waals surface area contributed by atoms with Crippen molar-refractivity contribution in [3.8, 4) is 0 Å². The summed E-state index contributed by atoms with van der Waals surface area (Å²) in [6.45, 7) is 0. The number of para-hydroxylation sites is 1. The Labute approximate surface area is 85.6 Å². The highest BCUT2D eigenvalue weighted by Crippen LogP contribution is 2.39. The number of fused-ring (bicyclic) bond motifs is 2. The van der Waals surface area contributed by atoms with Gasteiger partial charge in [-0.15, -0.1) is 11.8 Å². The minimum atomic E-state index is 0.0778. The van der Waals surface area contributed by atoms with Gasteiger partial charge in [-0.3, -0.25) is 4.79 Å². The maximum Gasteiger partial charge on any atom is 0.226 e. The maximum atomic E-state index is 11.2. The van der Waals surface area contributed by atoms with E-state index in [4.69, 9.17) is 0 Å². The zero-order valence-electron chi connectivity index (χ0n) is 7.36. The van der Waals surface area contributed by atoms with Crippen LogP contribution in [0.2, 0.25) is 0 Å². The molecule has 0 radical (unpaired) electrons. The van der Waals surface area contributed by atoms with Crippen molar-refractivity contribution in [1.29, 1.82) is 0 Å². The van der Waals surface area contributed by atoms with E-state index >= 15 is 0 Å². The molecule has 2 heterocycles.